The monoisotopic (exact) mass is 422 g/mol. The van der Waals surface area contributed by atoms with Crippen molar-refractivity contribution in [3.8, 4) is 22.1 Å². The van der Waals surface area contributed by atoms with Gasteiger partial charge in [-0.1, -0.05) is 18.2 Å². The Morgan fingerprint density at radius 2 is 2.17 bits per heavy atom. The van der Waals surface area contributed by atoms with Crippen LogP contribution in [0.15, 0.2) is 47.6 Å². The molecule has 4 rings (SSSR count). The standard InChI is InChI=1S/C22H22N4O3S/c1-14-20(30-22(24-14)16-6-4-5-7-18(16)28-3)21(27)25-23-13-15-8-9-17-19(12-15)29-11-10-26(17)2/h4-9,12-13H,10-11H2,1-3H3,(H,25,27). The molecule has 0 fully saturated rings. The zero-order valence-corrected chi connectivity index (χ0v) is 17.8. The summed E-state index contributed by atoms with van der Waals surface area (Å²) < 4.78 is 11.1. The van der Waals surface area contributed by atoms with E-state index in [1.54, 1.807) is 13.3 Å². The highest BCUT2D eigenvalue weighted by Crippen LogP contribution is 2.34. The highest BCUT2D eigenvalue weighted by atomic mass is 32.1. The molecule has 7 nitrogen and oxygen atoms in total. The predicted molar refractivity (Wildman–Crippen MR) is 119 cm³/mol. The Hall–Kier alpha value is -3.39. The van der Waals surface area contributed by atoms with Gasteiger partial charge < -0.3 is 14.4 Å². The molecule has 2 heterocycles. The highest BCUT2D eigenvalue weighted by molar-refractivity contribution is 7.17. The number of carbonyl (C=O) groups is 1. The first kappa shape index (κ1) is 19.9. The van der Waals surface area contributed by atoms with Gasteiger partial charge in [0.1, 0.15) is 28.0 Å². The molecule has 0 spiro atoms. The molecule has 1 N–H and O–H groups in total. The lowest BCUT2D eigenvalue weighted by atomic mass is 10.1. The summed E-state index contributed by atoms with van der Waals surface area (Å²) in [7, 11) is 3.65. The Morgan fingerprint density at radius 1 is 1.33 bits per heavy atom. The van der Waals surface area contributed by atoms with Crippen LogP contribution in [0.5, 0.6) is 11.5 Å². The van der Waals surface area contributed by atoms with E-state index in [0.29, 0.717) is 17.2 Å². The lowest BCUT2D eigenvalue weighted by Crippen LogP contribution is -2.28. The number of fused-ring (bicyclic) bond motifs is 1. The van der Waals surface area contributed by atoms with Crippen molar-refractivity contribution < 1.29 is 14.3 Å². The first-order chi connectivity index (χ1) is 14.6. The maximum atomic E-state index is 12.6. The number of hydrogen-bond donors (Lipinski definition) is 1. The quantitative estimate of drug-likeness (QED) is 0.501. The van der Waals surface area contributed by atoms with Crippen LogP contribution in [0.3, 0.4) is 0 Å². The van der Waals surface area contributed by atoms with Gasteiger partial charge in [0, 0.05) is 7.05 Å². The fraction of sp³-hybridized carbons (Fsp3) is 0.227. The number of thiazole rings is 1. The van der Waals surface area contributed by atoms with E-state index >= 15 is 0 Å². The number of likely N-dealkylation sites (N-methyl/N-ethyl adjacent to an activating group) is 1. The van der Waals surface area contributed by atoms with Crippen molar-refractivity contribution in [1.82, 2.24) is 10.4 Å². The molecule has 3 aromatic rings. The van der Waals surface area contributed by atoms with Crippen LogP contribution in [0.1, 0.15) is 20.9 Å². The number of hydrazone groups is 1. The van der Waals surface area contributed by atoms with Crippen LogP contribution in [-0.2, 0) is 0 Å². The van der Waals surface area contributed by atoms with Gasteiger partial charge in [-0.25, -0.2) is 10.4 Å². The number of para-hydroxylation sites is 1. The molecule has 0 bridgehead atoms. The van der Waals surface area contributed by atoms with Crippen molar-refractivity contribution in [3.63, 3.8) is 0 Å². The zero-order chi connectivity index (χ0) is 21.1. The molecule has 1 aromatic heterocycles. The van der Waals surface area contributed by atoms with Crippen molar-refractivity contribution >= 4 is 29.1 Å². The fourth-order valence-corrected chi connectivity index (χ4v) is 4.20. The van der Waals surface area contributed by atoms with E-state index in [9.17, 15) is 4.79 Å². The average molecular weight is 423 g/mol. The molecule has 1 amide bonds. The van der Waals surface area contributed by atoms with E-state index in [1.165, 1.54) is 11.3 Å². The van der Waals surface area contributed by atoms with E-state index in [1.807, 2.05) is 56.4 Å². The summed E-state index contributed by atoms with van der Waals surface area (Å²) in [6, 6.07) is 13.5. The van der Waals surface area contributed by atoms with Gasteiger partial charge in [0.2, 0.25) is 0 Å². The van der Waals surface area contributed by atoms with Crippen LogP contribution in [0.4, 0.5) is 5.69 Å². The number of nitrogens with zero attached hydrogens (tertiary/aromatic N) is 3. The van der Waals surface area contributed by atoms with Gasteiger partial charge in [-0.3, -0.25) is 4.79 Å². The second-order valence-corrected chi connectivity index (χ2v) is 7.83. The minimum Gasteiger partial charge on any atom is -0.496 e. The average Bonchev–Trinajstić information content (AvgIpc) is 3.15. The third kappa shape index (κ3) is 3.99. The van der Waals surface area contributed by atoms with Gasteiger partial charge in [0.05, 0.1) is 36.8 Å². The number of benzene rings is 2. The summed E-state index contributed by atoms with van der Waals surface area (Å²) in [6.07, 6.45) is 1.60. The summed E-state index contributed by atoms with van der Waals surface area (Å²) in [5.74, 6) is 1.24. The first-order valence-corrected chi connectivity index (χ1v) is 10.3. The third-order valence-electron chi connectivity index (χ3n) is 4.80. The molecule has 0 saturated heterocycles. The van der Waals surface area contributed by atoms with Crippen molar-refractivity contribution in [1.29, 1.82) is 0 Å². The Morgan fingerprint density at radius 3 is 3.00 bits per heavy atom. The minimum atomic E-state index is -0.295. The Bertz CT molecular complexity index is 1110. The van der Waals surface area contributed by atoms with Gasteiger partial charge in [-0.15, -0.1) is 11.3 Å². The molecular formula is C22H22N4O3S. The molecule has 0 atom stereocenters. The normalized spacial score (nSPS) is 13.1. The van der Waals surface area contributed by atoms with Crippen molar-refractivity contribution in [3.05, 3.63) is 58.6 Å². The maximum Gasteiger partial charge on any atom is 0.283 e. The van der Waals surface area contributed by atoms with Crippen LogP contribution in [0.2, 0.25) is 0 Å². The van der Waals surface area contributed by atoms with Crippen molar-refractivity contribution in [2.24, 2.45) is 5.10 Å². The largest absolute Gasteiger partial charge is 0.496 e. The van der Waals surface area contributed by atoms with Crippen LogP contribution in [0.25, 0.3) is 10.6 Å². The maximum absolute atomic E-state index is 12.6. The summed E-state index contributed by atoms with van der Waals surface area (Å²) in [5, 5.41) is 4.83. The van der Waals surface area contributed by atoms with Crippen molar-refractivity contribution in [2.75, 3.05) is 32.2 Å². The lowest BCUT2D eigenvalue weighted by Gasteiger charge is -2.27. The van der Waals surface area contributed by atoms with Gasteiger partial charge in [-0.05, 0) is 36.8 Å². The van der Waals surface area contributed by atoms with Gasteiger partial charge in [0.25, 0.3) is 5.91 Å². The SMILES string of the molecule is COc1ccccc1-c1nc(C)c(C(=O)NN=Cc2ccc3c(c2)OCCN3C)s1. The number of carbonyl (C=O) groups excluding carboxylic acids is 1. The minimum absolute atomic E-state index is 0.295. The summed E-state index contributed by atoms with van der Waals surface area (Å²) in [6.45, 7) is 3.33. The topological polar surface area (TPSA) is 76.0 Å². The van der Waals surface area contributed by atoms with Crippen LogP contribution in [0, 0.1) is 6.92 Å². The molecule has 0 aliphatic carbocycles. The number of hydrogen-bond acceptors (Lipinski definition) is 7. The number of aromatic nitrogens is 1. The van der Waals surface area contributed by atoms with Gasteiger partial charge >= 0.3 is 0 Å². The summed E-state index contributed by atoms with van der Waals surface area (Å²) >= 11 is 1.31. The van der Waals surface area contributed by atoms with Crippen LogP contribution in [-0.4, -0.2) is 44.4 Å². The number of ether oxygens (including phenoxy) is 2. The Balaban J connectivity index is 1.48. The van der Waals surface area contributed by atoms with Crippen LogP contribution >= 0.6 is 11.3 Å². The number of aryl methyl sites for hydroxylation is 1. The number of nitrogens with one attached hydrogen (secondary N) is 1. The number of amides is 1. The molecule has 0 radical (unpaired) electrons. The second-order valence-electron chi connectivity index (χ2n) is 6.83. The molecule has 0 saturated carbocycles. The van der Waals surface area contributed by atoms with Gasteiger partial charge in [-0.2, -0.15) is 5.10 Å². The van der Waals surface area contributed by atoms with E-state index in [0.717, 1.165) is 39.9 Å². The molecule has 1 aliphatic heterocycles. The van der Waals surface area contributed by atoms with Crippen molar-refractivity contribution in [2.45, 2.75) is 6.92 Å². The zero-order valence-electron chi connectivity index (χ0n) is 17.0. The number of anilines is 1. The Kier molecular flexibility index (Phi) is 5.67. The molecule has 0 unspecified atom stereocenters. The number of rotatable bonds is 5. The molecule has 30 heavy (non-hydrogen) atoms. The number of methoxy groups -OCH3 is 1. The van der Waals surface area contributed by atoms with Crippen LogP contribution < -0.4 is 19.8 Å². The Labute approximate surface area is 179 Å². The third-order valence-corrected chi connectivity index (χ3v) is 5.99. The smallest absolute Gasteiger partial charge is 0.283 e. The summed E-state index contributed by atoms with van der Waals surface area (Å²) in [5.41, 5.74) is 5.99. The highest BCUT2D eigenvalue weighted by Gasteiger charge is 2.18. The van der Waals surface area contributed by atoms with E-state index in [2.05, 4.69) is 20.4 Å². The lowest BCUT2D eigenvalue weighted by molar-refractivity contribution is 0.0958. The van der Waals surface area contributed by atoms with E-state index < -0.39 is 0 Å². The first-order valence-electron chi connectivity index (χ1n) is 9.49. The molecule has 2 aromatic carbocycles. The van der Waals surface area contributed by atoms with E-state index in [4.69, 9.17) is 9.47 Å². The molecule has 8 heteroatoms. The molecule has 1 aliphatic rings. The second kappa shape index (κ2) is 8.54. The summed E-state index contributed by atoms with van der Waals surface area (Å²) in [4.78, 5) is 19.8. The fourth-order valence-electron chi connectivity index (χ4n) is 3.21. The van der Waals surface area contributed by atoms with E-state index in [-0.39, 0.29) is 5.91 Å². The van der Waals surface area contributed by atoms with Gasteiger partial charge in [0.15, 0.2) is 0 Å². The predicted octanol–water partition coefficient (Wildman–Crippen LogP) is 3.72. The molecular weight excluding hydrogens is 400 g/mol. The molecule has 154 valence electrons.